The Morgan fingerprint density at radius 2 is 1.79 bits per heavy atom. The maximum absolute atomic E-state index is 12.6. The number of aromatic nitrogens is 1. The molecular weight excluding hydrogens is 354 g/mol. The molecule has 0 saturated heterocycles. The first-order chi connectivity index (χ1) is 13.3. The van der Waals surface area contributed by atoms with Gasteiger partial charge in [0, 0.05) is 24.8 Å². The van der Waals surface area contributed by atoms with Crippen LogP contribution in [0, 0.1) is 5.92 Å². The van der Waals surface area contributed by atoms with Crippen LogP contribution in [0.15, 0.2) is 42.6 Å². The lowest BCUT2D eigenvalue weighted by atomic mass is 9.98. The quantitative estimate of drug-likeness (QED) is 0.795. The van der Waals surface area contributed by atoms with Gasteiger partial charge in [0.15, 0.2) is 0 Å². The molecule has 148 valence electrons. The van der Waals surface area contributed by atoms with E-state index in [4.69, 9.17) is 4.74 Å². The molecule has 1 saturated carbocycles. The van der Waals surface area contributed by atoms with Crippen LogP contribution >= 0.6 is 0 Å². The first-order valence-electron chi connectivity index (χ1n) is 9.62. The molecule has 0 radical (unpaired) electrons. The number of pyridine rings is 1. The summed E-state index contributed by atoms with van der Waals surface area (Å²) in [7, 11) is 0. The van der Waals surface area contributed by atoms with Crippen molar-refractivity contribution in [3.05, 3.63) is 53.9 Å². The van der Waals surface area contributed by atoms with Crippen molar-refractivity contribution in [2.24, 2.45) is 5.92 Å². The molecule has 28 heavy (non-hydrogen) atoms. The number of carbonyl (C=O) groups excluding carboxylic acids is 2. The summed E-state index contributed by atoms with van der Waals surface area (Å²) in [6.07, 6.45) is 3.50. The smallest absolute Gasteiger partial charge is 0.407 e. The lowest BCUT2D eigenvalue weighted by molar-refractivity contribution is 0.0523. The molecule has 0 unspecified atom stereocenters. The van der Waals surface area contributed by atoms with E-state index in [9.17, 15) is 9.59 Å². The fourth-order valence-corrected chi connectivity index (χ4v) is 2.87. The summed E-state index contributed by atoms with van der Waals surface area (Å²) in [4.78, 5) is 29.0. The number of alkyl carbamates (subject to hydrolysis) is 1. The van der Waals surface area contributed by atoms with Crippen molar-refractivity contribution in [1.82, 2.24) is 15.6 Å². The Kier molecular flexibility index (Phi) is 5.97. The highest BCUT2D eigenvalue weighted by Gasteiger charge is 2.23. The largest absolute Gasteiger partial charge is 0.444 e. The van der Waals surface area contributed by atoms with Crippen LogP contribution in [0.2, 0.25) is 0 Å². The van der Waals surface area contributed by atoms with Crippen LogP contribution in [0.1, 0.15) is 49.7 Å². The Bertz CT molecular complexity index is 854. The minimum Gasteiger partial charge on any atom is -0.444 e. The van der Waals surface area contributed by atoms with Crippen LogP contribution in [-0.2, 0) is 11.3 Å². The van der Waals surface area contributed by atoms with Gasteiger partial charge in [0.05, 0.1) is 0 Å². The number of hydrogen-bond donors (Lipinski definition) is 2. The standard InChI is InChI=1S/C22H27N3O3/c1-22(2,3)28-21(27)25-14-16-7-4-5-8-17(16)18-9-6-12-23-19(18)20(26)24-13-15-10-11-15/h4-9,12,15H,10-11,13-14H2,1-3H3,(H,24,26)(H,25,27). The van der Waals surface area contributed by atoms with Gasteiger partial charge in [-0.3, -0.25) is 9.78 Å². The van der Waals surface area contributed by atoms with E-state index in [1.54, 1.807) is 6.20 Å². The number of rotatable bonds is 6. The lowest BCUT2D eigenvalue weighted by Crippen LogP contribution is -2.32. The number of ether oxygens (including phenoxy) is 1. The second kappa shape index (κ2) is 8.42. The number of amides is 2. The Balaban J connectivity index is 1.78. The number of benzene rings is 1. The molecule has 2 amide bonds. The zero-order valence-corrected chi connectivity index (χ0v) is 16.6. The van der Waals surface area contributed by atoms with E-state index in [1.165, 1.54) is 12.8 Å². The molecule has 1 aliphatic rings. The summed E-state index contributed by atoms with van der Waals surface area (Å²) in [5.74, 6) is 0.429. The predicted octanol–water partition coefficient (Wildman–Crippen LogP) is 3.91. The molecule has 1 heterocycles. The highest BCUT2D eigenvalue weighted by atomic mass is 16.6. The van der Waals surface area contributed by atoms with Gasteiger partial charge in [-0.1, -0.05) is 30.3 Å². The van der Waals surface area contributed by atoms with Crippen LogP contribution < -0.4 is 10.6 Å². The van der Waals surface area contributed by atoms with E-state index < -0.39 is 11.7 Å². The van der Waals surface area contributed by atoms with Crippen molar-refractivity contribution < 1.29 is 14.3 Å². The number of hydrogen-bond acceptors (Lipinski definition) is 4. The first-order valence-corrected chi connectivity index (χ1v) is 9.62. The fraction of sp³-hybridized carbons (Fsp3) is 0.409. The van der Waals surface area contributed by atoms with E-state index in [1.807, 2.05) is 57.2 Å². The van der Waals surface area contributed by atoms with Gasteiger partial charge in [-0.15, -0.1) is 0 Å². The summed E-state index contributed by atoms with van der Waals surface area (Å²) >= 11 is 0. The Morgan fingerprint density at radius 1 is 1.07 bits per heavy atom. The lowest BCUT2D eigenvalue weighted by Gasteiger charge is -2.20. The van der Waals surface area contributed by atoms with Gasteiger partial charge in [0.25, 0.3) is 5.91 Å². The third kappa shape index (κ3) is 5.55. The number of nitrogens with zero attached hydrogens (tertiary/aromatic N) is 1. The molecule has 2 N–H and O–H groups in total. The maximum Gasteiger partial charge on any atom is 0.407 e. The van der Waals surface area contributed by atoms with Gasteiger partial charge < -0.3 is 15.4 Å². The van der Waals surface area contributed by atoms with E-state index in [-0.39, 0.29) is 5.91 Å². The molecule has 0 bridgehead atoms. The summed E-state index contributed by atoms with van der Waals surface area (Å²) < 4.78 is 5.30. The Hall–Kier alpha value is -2.89. The normalized spacial score (nSPS) is 13.7. The minimum atomic E-state index is -0.556. The van der Waals surface area contributed by atoms with Crippen molar-refractivity contribution in [3.8, 4) is 11.1 Å². The average Bonchev–Trinajstić information content (AvgIpc) is 3.48. The summed E-state index contributed by atoms with van der Waals surface area (Å²) in [6.45, 7) is 6.45. The zero-order valence-electron chi connectivity index (χ0n) is 16.6. The second-order valence-corrected chi connectivity index (χ2v) is 8.07. The monoisotopic (exact) mass is 381 g/mol. The molecule has 1 fully saturated rings. The van der Waals surface area contributed by atoms with Crippen LogP contribution in [0.5, 0.6) is 0 Å². The Labute approximate surface area is 165 Å². The van der Waals surface area contributed by atoms with Crippen molar-refractivity contribution in [2.75, 3.05) is 6.54 Å². The maximum atomic E-state index is 12.6. The van der Waals surface area contributed by atoms with Crippen LogP contribution in [0.25, 0.3) is 11.1 Å². The van der Waals surface area contributed by atoms with Crippen molar-refractivity contribution in [1.29, 1.82) is 0 Å². The van der Waals surface area contributed by atoms with Gasteiger partial charge in [0.1, 0.15) is 11.3 Å². The van der Waals surface area contributed by atoms with Crippen molar-refractivity contribution in [3.63, 3.8) is 0 Å². The summed E-state index contributed by atoms with van der Waals surface area (Å²) in [6, 6.07) is 11.4. The van der Waals surface area contributed by atoms with Gasteiger partial charge in [-0.2, -0.15) is 0 Å². The topological polar surface area (TPSA) is 80.3 Å². The molecule has 3 rings (SSSR count). The number of nitrogens with one attached hydrogen (secondary N) is 2. The van der Waals surface area contributed by atoms with Crippen molar-refractivity contribution in [2.45, 2.75) is 45.8 Å². The summed E-state index contributed by atoms with van der Waals surface area (Å²) in [5.41, 5.74) is 2.34. The van der Waals surface area contributed by atoms with E-state index in [0.717, 1.165) is 16.7 Å². The average molecular weight is 381 g/mol. The van der Waals surface area contributed by atoms with E-state index >= 15 is 0 Å². The summed E-state index contributed by atoms with van der Waals surface area (Å²) in [5, 5.41) is 5.76. The van der Waals surface area contributed by atoms with Gasteiger partial charge in [-0.05, 0) is 56.7 Å². The van der Waals surface area contributed by atoms with E-state index in [0.29, 0.717) is 24.7 Å². The molecular formula is C22H27N3O3. The van der Waals surface area contributed by atoms with Crippen LogP contribution in [0.3, 0.4) is 0 Å². The van der Waals surface area contributed by atoms with Crippen LogP contribution in [0.4, 0.5) is 4.79 Å². The highest BCUT2D eigenvalue weighted by molar-refractivity contribution is 5.99. The molecule has 1 aromatic heterocycles. The third-order valence-corrected chi connectivity index (χ3v) is 4.40. The van der Waals surface area contributed by atoms with Crippen LogP contribution in [-0.4, -0.2) is 29.1 Å². The SMILES string of the molecule is CC(C)(C)OC(=O)NCc1ccccc1-c1cccnc1C(=O)NCC1CC1. The molecule has 6 heteroatoms. The Morgan fingerprint density at radius 3 is 2.50 bits per heavy atom. The third-order valence-electron chi connectivity index (χ3n) is 4.40. The minimum absolute atomic E-state index is 0.169. The van der Waals surface area contributed by atoms with Gasteiger partial charge in [0.2, 0.25) is 0 Å². The van der Waals surface area contributed by atoms with E-state index in [2.05, 4.69) is 15.6 Å². The zero-order chi connectivity index (χ0) is 20.1. The van der Waals surface area contributed by atoms with Gasteiger partial charge in [-0.25, -0.2) is 4.79 Å². The second-order valence-electron chi connectivity index (χ2n) is 8.07. The molecule has 1 aliphatic carbocycles. The molecule has 0 aliphatic heterocycles. The predicted molar refractivity (Wildman–Crippen MR) is 108 cm³/mol. The number of carbonyl (C=O) groups is 2. The molecule has 0 atom stereocenters. The molecule has 0 spiro atoms. The molecule has 1 aromatic carbocycles. The molecule has 2 aromatic rings. The fourth-order valence-electron chi connectivity index (χ4n) is 2.87. The molecule has 6 nitrogen and oxygen atoms in total. The highest BCUT2D eigenvalue weighted by Crippen LogP contribution is 2.29. The first kappa shape index (κ1) is 19.9. The van der Waals surface area contributed by atoms with Crippen molar-refractivity contribution >= 4 is 12.0 Å². The van der Waals surface area contributed by atoms with Gasteiger partial charge >= 0.3 is 6.09 Å².